The number of rotatable bonds is 2. The van der Waals surface area contributed by atoms with Gasteiger partial charge in [-0.05, 0) is 19.3 Å². The summed E-state index contributed by atoms with van der Waals surface area (Å²) in [6, 6.07) is -0.510. The summed E-state index contributed by atoms with van der Waals surface area (Å²) in [7, 11) is 0. The molecule has 2 N–H and O–H groups in total. The number of piperidine rings is 1. The first-order chi connectivity index (χ1) is 8.47. The smallest absolute Gasteiger partial charge is 0.379 e. The summed E-state index contributed by atoms with van der Waals surface area (Å²) in [6.45, 7) is 0.936. The quantitative estimate of drug-likeness (QED) is 0.778. The van der Waals surface area contributed by atoms with Gasteiger partial charge in [0, 0.05) is 13.2 Å². The molecule has 0 aromatic heterocycles. The van der Waals surface area contributed by atoms with Crippen LogP contribution in [-0.4, -0.2) is 43.9 Å². The highest BCUT2D eigenvalue weighted by molar-refractivity contribution is 5.82. The van der Waals surface area contributed by atoms with E-state index < -0.39 is 18.1 Å². The first kappa shape index (κ1) is 13.6. The zero-order valence-electron chi connectivity index (χ0n) is 9.93. The van der Waals surface area contributed by atoms with E-state index in [4.69, 9.17) is 4.74 Å². The lowest BCUT2D eigenvalue weighted by atomic mass is 9.93. The topological polar surface area (TPSA) is 50.4 Å². The Morgan fingerprint density at radius 2 is 2.06 bits per heavy atom. The van der Waals surface area contributed by atoms with Crippen LogP contribution in [0.15, 0.2) is 0 Å². The predicted octanol–water partition coefficient (Wildman–Crippen LogP) is 0.822. The molecule has 2 heterocycles. The third-order valence-corrected chi connectivity index (χ3v) is 3.47. The number of amides is 1. The zero-order valence-corrected chi connectivity index (χ0v) is 9.93. The average Bonchev–Trinajstić information content (AvgIpc) is 2.81. The molecule has 2 saturated heterocycles. The summed E-state index contributed by atoms with van der Waals surface area (Å²) in [5.41, 5.74) is 0. The highest BCUT2D eigenvalue weighted by atomic mass is 19.4. The Kier molecular flexibility index (Phi) is 4.11. The Morgan fingerprint density at radius 3 is 2.56 bits per heavy atom. The van der Waals surface area contributed by atoms with Gasteiger partial charge in [0.25, 0.3) is 0 Å². The van der Waals surface area contributed by atoms with Gasteiger partial charge < -0.3 is 15.4 Å². The molecule has 0 aromatic carbocycles. The number of carbonyl (C=O) groups is 1. The van der Waals surface area contributed by atoms with E-state index in [1.165, 1.54) is 0 Å². The van der Waals surface area contributed by atoms with Crippen LogP contribution in [0, 0.1) is 5.92 Å². The Balaban J connectivity index is 1.76. The highest BCUT2D eigenvalue weighted by Crippen LogP contribution is 2.31. The molecule has 7 heteroatoms. The third kappa shape index (κ3) is 3.35. The van der Waals surface area contributed by atoms with Gasteiger partial charge in [0.15, 0.2) is 0 Å². The Bertz CT molecular complexity index is 295. The SMILES string of the molecule is O=C(NC1CCOC1)C1CCC(C(F)(F)F)CN1. The van der Waals surface area contributed by atoms with Gasteiger partial charge in [-0.2, -0.15) is 13.2 Å². The lowest BCUT2D eigenvalue weighted by Crippen LogP contribution is -2.53. The number of nitrogens with one attached hydrogen (secondary N) is 2. The van der Waals surface area contributed by atoms with Crippen molar-refractivity contribution in [1.82, 2.24) is 10.6 Å². The van der Waals surface area contributed by atoms with Crippen LogP contribution in [-0.2, 0) is 9.53 Å². The molecule has 4 nitrogen and oxygen atoms in total. The predicted molar refractivity (Wildman–Crippen MR) is 57.9 cm³/mol. The summed E-state index contributed by atoms with van der Waals surface area (Å²) in [5, 5.41) is 5.47. The van der Waals surface area contributed by atoms with Crippen LogP contribution in [0.2, 0.25) is 0 Å². The standard InChI is InChI=1S/C11H17F3N2O2/c12-11(13,14)7-1-2-9(15-5-7)10(17)16-8-3-4-18-6-8/h7-9,15H,1-6H2,(H,16,17). The fraction of sp³-hybridized carbons (Fsp3) is 0.909. The zero-order chi connectivity index (χ0) is 13.2. The summed E-state index contributed by atoms with van der Waals surface area (Å²) in [6.07, 6.45) is -3.17. The second kappa shape index (κ2) is 5.44. The van der Waals surface area contributed by atoms with Crippen molar-refractivity contribution in [3.63, 3.8) is 0 Å². The van der Waals surface area contributed by atoms with Gasteiger partial charge in [-0.25, -0.2) is 0 Å². The number of alkyl halides is 3. The molecule has 0 bridgehead atoms. The second-order valence-electron chi connectivity index (χ2n) is 4.85. The van der Waals surface area contributed by atoms with E-state index in [0.29, 0.717) is 13.2 Å². The van der Waals surface area contributed by atoms with Gasteiger partial charge in [0.05, 0.1) is 24.6 Å². The molecular weight excluding hydrogens is 249 g/mol. The summed E-state index contributed by atoms with van der Waals surface area (Å²) >= 11 is 0. The maximum atomic E-state index is 12.4. The number of carbonyl (C=O) groups excluding carboxylic acids is 1. The molecule has 2 aliphatic rings. The first-order valence-corrected chi connectivity index (χ1v) is 6.15. The minimum absolute atomic E-state index is 0.000334. The van der Waals surface area contributed by atoms with Crippen molar-refractivity contribution in [1.29, 1.82) is 0 Å². The maximum absolute atomic E-state index is 12.4. The molecule has 0 aliphatic carbocycles. The van der Waals surface area contributed by atoms with Crippen LogP contribution < -0.4 is 10.6 Å². The molecule has 3 atom stereocenters. The molecule has 2 rings (SSSR count). The fourth-order valence-electron chi connectivity index (χ4n) is 2.31. The normalized spacial score (nSPS) is 33.4. The lowest BCUT2D eigenvalue weighted by molar-refractivity contribution is -0.180. The molecule has 18 heavy (non-hydrogen) atoms. The summed E-state index contributed by atoms with van der Waals surface area (Å²) in [4.78, 5) is 11.8. The van der Waals surface area contributed by atoms with Crippen molar-refractivity contribution >= 4 is 5.91 Å². The number of halogens is 3. The molecule has 104 valence electrons. The molecule has 3 unspecified atom stereocenters. The fourth-order valence-corrected chi connectivity index (χ4v) is 2.31. The molecule has 1 amide bonds. The van der Waals surface area contributed by atoms with E-state index in [0.717, 1.165) is 6.42 Å². The van der Waals surface area contributed by atoms with Gasteiger partial charge >= 0.3 is 6.18 Å². The van der Waals surface area contributed by atoms with E-state index in [-0.39, 0.29) is 31.3 Å². The van der Waals surface area contributed by atoms with Crippen LogP contribution in [0.3, 0.4) is 0 Å². The Hall–Kier alpha value is -0.820. The van der Waals surface area contributed by atoms with E-state index in [9.17, 15) is 18.0 Å². The summed E-state index contributed by atoms with van der Waals surface area (Å²) in [5.74, 6) is -1.55. The molecule has 0 saturated carbocycles. The van der Waals surface area contributed by atoms with Gasteiger partial charge in [0.2, 0.25) is 5.91 Å². The Morgan fingerprint density at radius 1 is 1.28 bits per heavy atom. The van der Waals surface area contributed by atoms with Crippen LogP contribution in [0.4, 0.5) is 13.2 Å². The average molecular weight is 266 g/mol. The van der Waals surface area contributed by atoms with Crippen molar-refractivity contribution in [2.45, 2.75) is 37.5 Å². The highest BCUT2D eigenvalue weighted by Gasteiger charge is 2.42. The van der Waals surface area contributed by atoms with Crippen LogP contribution in [0.25, 0.3) is 0 Å². The van der Waals surface area contributed by atoms with Gasteiger partial charge in [-0.15, -0.1) is 0 Å². The van der Waals surface area contributed by atoms with E-state index in [1.807, 2.05) is 0 Å². The lowest BCUT2D eigenvalue weighted by Gasteiger charge is -2.30. The van der Waals surface area contributed by atoms with Crippen LogP contribution in [0.1, 0.15) is 19.3 Å². The van der Waals surface area contributed by atoms with Crippen molar-refractivity contribution in [2.24, 2.45) is 5.92 Å². The van der Waals surface area contributed by atoms with Gasteiger partial charge in [-0.3, -0.25) is 4.79 Å². The number of hydrogen-bond donors (Lipinski definition) is 2. The third-order valence-electron chi connectivity index (χ3n) is 3.47. The summed E-state index contributed by atoms with van der Waals surface area (Å²) < 4.78 is 42.4. The second-order valence-corrected chi connectivity index (χ2v) is 4.85. The number of ether oxygens (including phenoxy) is 1. The molecule has 0 radical (unpaired) electrons. The molecule has 0 spiro atoms. The van der Waals surface area contributed by atoms with Crippen molar-refractivity contribution in [3.8, 4) is 0 Å². The molecule has 2 aliphatic heterocycles. The molecular formula is C11H17F3N2O2. The van der Waals surface area contributed by atoms with Crippen molar-refractivity contribution < 1.29 is 22.7 Å². The first-order valence-electron chi connectivity index (χ1n) is 6.15. The minimum Gasteiger partial charge on any atom is -0.379 e. The minimum atomic E-state index is -4.17. The van der Waals surface area contributed by atoms with E-state index in [2.05, 4.69) is 10.6 Å². The van der Waals surface area contributed by atoms with Crippen molar-refractivity contribution in [2.75, 3.05) is 19.8 Å². The number of hydrogen-bond acceptors (Lipinski definition) is 3. The van der Waals surface area contributed by atoms with Crippen LogP contribution >= 0.6 is 0 Å². The van der Waals surface area contributed by atoms with Gasteiger partial charge in [0.1, 0.15) is 0 Å². The van der Waals surface area contributed by atoms with E-state index in [1.54, 1.807) is 0 Å². The molecule has 2 fully saturated rings. The van der Waals surface area contributed by atoms with Gasteiger partial charge in [-0.1, -0.05) is 0 Å². The van der Waals surface area contributed by atoms with Crippen molar-refractivity contribution in [3.05, 3.63) is 0 Å². The van der Waals surface area contributed by atoms with E-state index >= 15 is 0 Å². The Labute approximate surface area is 103 Å². The maximum Gasteiger partial charge on any atom is 0.393 e. The molecule has 0 aromatic rings. The van der Waals surface area contributed by atoms with Crippen LogP contribution in [0.5, 0.6) is 0 Å². The monoisotopic (exact) mass is 266 g/mol. The largest absolute Gasteiger partial charge is 0.393 e.